The van der Waals surface area contributed by atoms with Gasteiger partial charge in [-0.1, -0.05) is 11.6 Å². The minimum atomic E-state index is -0.100. The van der Waals surface area contributed by atoms with E-state index >= 15 is 0 Å². The number of halogens is 1. The lowest BCUT2D eigenvalue weighted by atomic mass is 9.96. The van der Waals surface area contributed by atoms with Crippen LogP contribution in [0.4, 0.5) is 0 Å². The second kappa shape index (κ2) is 10.4. The van der Waals surface area contributed by atoms with Gasteiger partial charge in [-0.3, -0.25) is 14.3 Å². The molecule has 1 aromatic heterocycles. The third-order valence-electron chi connectivity index (χ3n) is 6.17. The molecule has 174 valence electrons. The average Bonchev–Trinajstić information content (AvgIpc) is 3.20. The number of methoxy groups -OCH3 is 1. The number of benzene rings is 2. The van der Waals surface area contributed by atoms with Crippen LogP contribution in [0.5, 0.6) is 0 Å². The van der Waals surface area contributed by atoms with Gasteiger partial charge in [0.1, 0.15) is 0 Å². The van der Waals surface area contributed by atoms with Crippen molar-refractivity contribution < 1.29 is 14.3 Å². The van der Waals surface area contributed by atoms with E-state index in [9.17, 15) is 9.59 Å². The van der Waals surface area contributed by atoms with Crippen molar-refractivity contribution in [2.75, 3.05) is 33.4 Å². The summed E-state index contributed by atoms with van der Waals surface area (Å²) in [5, 5.41) is 9.18. The molecule has 3 aromatic rings. The van der Waals surface area contributed by atoms with Crippen molar-refractivity contribution >= 4 is 34.3 Å². The van der Waals surface area contributed by atoms with Crippen molar-refractivity contribution in [3.63, 3.8) is 0 Å². The van der Waals surface area contributed by atoms with Crippen molar-refractivity contribution in [3.8, 4) is 0 Å². The molecule has 0 atom stereocenters. The fourth-order valence-electron chi connectivity index (χ4n) is 4.29. The zero-order valence-corrected chi connectivity index (χ0v) is 19.8. The van der Waals surface area contributed by atoms with Crippen molar-refractivity contribution in [1.82, 2.24) is 20.0 Å². The number of aromatic nitrogens is 2. The second-order valence-electron chi connectivity index (χ2n) is 8.57. The molecule has 0 saturated carbocycles. The third-order valence-corrected chi connectivity index (χ3v) is 6.42. The third kappa shape index (κ3) is 5.54. The Morgan fingerprint density at radius 2 is 1.91 bits per heavy atom. The lowest BCUT2D eigenvalue weighted by Crippen LogP contribution is -2.39. The molecule has 1 N–H and O–H groups in total. The van der Waals surface area contributed by atoms with Crippen LogP contribution in [0.3, 0.4) is 0 Å². The van der Waals surface area contributed by atoms with E-state index < -0.39 is 0 Å². The van der Waals surface area contributed by atoms with E-state index in [1.807, 2.05) is 34.8 Å². The summed E-state index contributed by atoms with van der Waals surface area (Å²) in [6, 6.07) is 10.9. The number of nitrogens with one attached hydrogen (secondary N) is 1. The molecule has 0 radical (unpaired) electrons. The van der Waals surface area contributed by atoms with Crippen molar-refractivity contribution in [3.05, 3.63) is 64.3 Å². The molecule has 8 heteroatoms. The van der Waals surface area contributed by atoms with Gasteiger partial charge < -0.3 is 15.0 Å². The zero-order valence-electron chi connectivity index (χ0n) is 19.0. The molecule has 2 heterocycles. The molecule has 2 amide bonds. The van der Waals surface area contributed by atoms with E-state index in [0.29, 0.717) is 35.2 Å². The van der Waals surface area contributed by atoms with Crippen molar-refractivity contribution in [1.29, 1.82) is 0 Å². The highest BCUT2D eigenvalue weighted by molar-refractivity contribution is 6.30. The van der Waals surface area contributed by atoms with Gasteiger partial charge in [0.05, 0.1) is 12.1 Å². The van der Waals surface area contributed by atoms with E-state index in [-0.39, 0.29) is 11.8 Å². The smallest absolute Gasteiger partial charge is 0.253 e. The highest BCUT2D eigenvalue weighted by Crippen LogP contribution is 2.24. The Morgan fingerprint density at radius 1 is 1.18 bits per heavy atom. The number of fused-ring (bicyclic) bond motifs is 1. The summed E-state index contributed by atoms with van der Waals surface area (Å²) in [7, 11) is 1.61. The molecule has 1 aliphatic rings. The molecule has 4 rings (SSSR count). The van der Waals surface area contributed by atoms with Gasteiger partial charge >= 0.3 is 0 Å². The number of carbonyl (C=O) groups is 2. The van der Waals surface area contributed by atoms with E-state index in [1.165, 1.54) is 0 Å². The highest BCUT2D eigenvalue weighted by Gasteiger charge is 2.24. The summed E-state index contributed by atoms with van der Waals surface area (Å²) < 4.78 is 6.97. The summed E-state index contributed by atoms with van der Waals surface area (Å²) in [6.45, 7) is 5.15. The number of ether oxygens (including phenoxy) is 1. The number of amides is 2. The van der Waals surface area contributed by atoms with Gasteiger partial charge in [-0.2, -0.15) is 5.10 Å². The standard InChI is InChI=1S/C25H29ClN4O3/c1-17-13-23-20(14-22(17)24(31)27-9-12-33-2)16-30(28-23)15-18-7-10-29(11-8-18)25(32)19-3-5-21(26)6-4-19/h3-6,13-14,16,18H,7-12,15H2,1-2H3,(H,27,31). The lowest BCUT2D eigenvalue weighted by molar-refractivity contribution is 0.0681. The fraction of sp³-hybridized carbons (Fsp3) is 0.400. The first-order valence-corrected chi connectivity index (χ1v) is 11.6. The van der Waals surface area contributed by atoms with Gasteiger partial charge in [0.15, 0.2) is 0 Å². The van der Waals surface area contributed by atoms with Gasteiger partial charge in [0, 0.05) is 61.0 Å². The maximum Gasteiger partial charge on any atom is 0.253 e. The van der Waals surface area contributed by atoms with Crippen LogP contribution in [-0.2, 0) is 11.3 Å². The number of carbonyl (C=O) groups excluding carboxylic acids is 2. The largest absolute Gasteiger partial charge is 0.383 e. The summed E-state index contributed by atoms with van der Waals surface area (Å²) in [5.74, 6) is 0.408. The monoisotopic (exact) mass is 468 g/mol. The fourth-order valence-corrected chi connectivity index (χ4v) is 4.41. The van der Waals surface area contributed by atoms with Crippen LogP contribution in [-0.4, -0.2) is 59.8 Å². The first-order valence-electron chi connectivity index (χ1n) is 11.2. The van der Waals surface area contributed by atoms with Crippen LogP contribution in [0, 0.1) is 12.8 Å². The molecular formula is C25H29ClN4O3. The Morgan fingerprint density at radius 3 is 2.61 bits per heavy atom. The molecule has 0 bridgehead atoms. The van der Waals surface area contributed by atoms with Crippen LogP contribution in [0.25, 0.3) is 10.9 Å². The molecule has 0 spiro atoms. The molecule has 0 unspecified atom stereocenters. The number of likely N-dealkylation sites (tertiary alicyclic amines) is 1. The maximum atomic E-state index is 12.7. The van der Waals surface area contributed by atoms with Crippen LogP contribution >= 0.6 is 11.6 Å². The van der Waals surface area contributed by atoms with Crippen LogP contribution in [0.2, 0.25) is 5.02 Å². The molecule has 7 nitrogen and oxygen atoms in total. The summed E-state index contributed by atoms with van der Waals surface area (Å²) in [6.07, 6.45) is 3.87. The Balaban J connectivity index is 1.37. The zero-order chi connectivity index (χ0) is 23.4. The summed E-state index contributed by atoms with van der Waals surface area (Å²) >= 11 is 5.93. The molecule has 1 aliphatic heterocycles. The molecule has 1 saturated heterocycles. The minimum absolute atomic E-state index is 0.0572. The van der Waals surface area contributed by atoms with E-state index in [1.54, 1.807) is 31.4 Å². The number of aryl methyl sites for hydroxylation is 1. The quantitative estimate of drug-likeness (QED) is 0.533. The van der Waals surface area contributed by atoms with E-state index in [4.69, 9.17) is 21.4 Å². The number of piperidine rings is 1. The topological polar surface area (TPSA) is 76.5 Å². The van der Waals surface area contributed by atoms with E-state index in [2.05, 4.69) is 5.32 Å². The normalized spacial score (nSPS) is 14.6. The number of nitrogens with zero attached hydrogens (tertiary/aromatic N) is 3. The Hall–Kier alpha value is -2.90. The molecule has 33 heavy (non-hydrogen) atoms. The molecular weight excluding hydrogens is 440 g/mol. The minimum Gasteiger partial charge on any atom is -0.383 e. The van der Waals surface area contributed by atoms with Crippen molar-refractivity contribution in [2.45, 2.75) is 26.3 Å². The predicted octanol–water partition coefficient (Wildman–Crippen LogP) is 3.93. The first kappa shape index (κ1) is 23.3. The van der Waals surface area contributed by atoms with E-state index in [0.717, 1.165) is 48.9 Å². The Bertz CT molecular complexity index is 1130. The molecule has 2 aromatic carbocycles. The summed E-state index contributed by atoms with van der Waals surface area (Å²) in [5.41, 5.74) is 3.12. The van der Waals surface area contributed by atoms with Gasteiger partial charge in [0.25, 0.3) is 11.8 Å². The lowest BCUT2D eigenvalue weighted by Gasteiger charge is -2.32. The van der Waals surface area contributed by atoms with Gasteiger partial charge in [-0.15, -0.1) is 0 Å². The Kier molecular flexibility index (Phi) is 7.30. The number of rotatable bonds is 7. The highest BCUT2D eigenvalue weighted by atomic mass is 35.5. The van der Waals surface area contributed by atoms with Crippen LogP contribution in [0.15, 0.2) is 42.6 Å². The van der Waals surface area contributed by atoms with Gasteiger partial charge in [-0.25, -0.2) is 0 Å². The van der Waals surface area contributed by atoms with Crippen LogP contribution in [0.1, 0.15) is 39.1 Å². The first-order chi connectivity index (χ1) is 15.9. The number of hydrogen-bond donors (Lipinski definition) is 1. The summed E-state index contributed by atoms with van der Waals surface area (Å²) in [4.78, 5) is 27.1. The van der Waals surface area contributed by atoms with Crippen LogP contribution < -0.4 is 5.32 Å². The van der Waals surface area contributed by atoms with Gasteiger partial charge in [0.2, 0.25) is 0 Å². The average molecular weight is 469 g/mol. The molecule has 1 fully saturated rings. The molecule has 0 aliphatic carbocycles. The maximum absolute atomic E-state index is 12.7. The SMILES string of the molecule is COCCNC(=O)c1cc2cn(CC3CCN(C(=O)c4ccc(Cl)cc4)CC3)nc2cc1C. The Labute approximate surface area is 198 Å². The van der Waals surface area contributed by atoms with Crippen molar-refractivity contribution in [2.24, 2.45) is 5.92 Å². The number of hydrogen-bond acceptors (Lipinski definition) is 4. The second-order valence-corrected chi connectivity index (χ2v) is 9.00. The van der Waals surface area contributed by atoms with Gasteiger partial charge in [-0.05, 0) is 67.6 Å². The predicted molar refractivity (Wildman–Crippen MR) is 129 cm³/mol.